The Labute approximate surface area is 104 Å². The summed E-state index contributed by atoms with van der Waals surface area (Å²) in [6, 6.07) is 1.89. The molecule has 2 atom stereocenters. The van der Waals surface area contributed by atoms with Gasteiger partial charge in [0.15, 0.2) is 0 Å². The largest absolute Gasteiger partial charge is 0.393 e. The molecule has 0 aromatic heterocycles. The molecule has 0 amide bonds. The van der Waals surface area contributed by atoms with Crippen molar-refractivity contribution in [3.8, 4) is 6.07 Å². The van der Waals surface area contributed by atoms with Gasteiger partial charge in [-0.2, -0.15) is 5.26 Å². The molecule has 4 heteroatoms. The van der Waals surface area contributed by atoms with Crippen LogP contribution in [-0.4, -0.2) is 35.9 Å². The fraction of sp³-hybridized carbons (Fsp3) is 0.538. The van der Waals surface area contributed by atoms with Crippen LogP contribution in [0.15, 0.2) is 29.5 Å². The lowest BCUT2D eigenvalue weighted by molar-refractivity contribution is 0.125. The summed E-state index contributed by atoms with van der Waals surface area (Å²) in [4.78, 5) is 5.93. The molecule has 0 aromatic carbocycles. The van der Waals surface area contributed by atoms with E-state index in [1.54, 1.807) is 6.92 Å². The minimum atomic E-state index is -0.307. The van der Waals surface area contributed by atoms with Crippen LogP contribution >= 0.6 is 0 Å². The normalized spacial score (nSPS) is 14.1. The third-order valence-corrected chi connectivity index (χ3v) is 2.70. The fourth-order valence-electron chi connectivity index (χ4n) is 1.05. The maximum atomic E-state index is 9.36. The number of nitriles is 1. The van der Waals surface area contributed by atoms with Crippen molar-refractivity contribution in [2.24, 2.45) is 10.9 Å². The number of aliphatic imine (C=N–C) groups is 1. The molecule has 1 N–H and O–H groups in total. The Kier molecular flexibility index (Phi) is 6.92. The summed E-state index contributed by atoms with van der Waals surface area (Å²) in [5, 5.41) is 17.9. The number of aliphatic hydroxyl groups excluding tert-OH is 1. The topological polar surface area (TPSA) is 59.6 Å². The van der Waals surface area contributed by atoms with Crippen LogP contribution in [0.5, 0.6) is 0 Å². The van der Waals surface area contributed by atoms with Crippen molar-refractivity contribution in [3.05, 3.63) is 24.6 Å². The molecule has 0 bridgehead atoms. The van der Waals surface area contributed by atoms with Crippen molar-refractivity contribution in [2.45, 2.75) is 26.4 Å². The van der Waals surface area contributed by atoms with Gasteiger partial charge in [-0.25, -0.2) is 4.99 Å². The zero-order valence-electron chi connectivity index (χ0n) is 10.8. The Balaban J connectivity index is 4.12. The number of allylic oxidation sites excluding steroid dienone is 1. The van der Waals surface area contributed by atoms with Crippen molar-refractivity contribution in [3.63, 3.8) is 0 Å². The summed E-state index contributed by atoms with van der Waals surface area (Å²) in [5.41, 5.74) is 0.303. The monoisotopic (exact) mass is 235 g/mol. The Morgan fingerprint density at radius 2 is 2.12 bits per heavy atom. The predicted octanol–water partition coefficient (Wildman–Crippen LogP) is 1.95. The maximum Gasteiger partial charge on any atom is 0.120 e. The van der Waals surface area contributed by atoms with Gasteiger partial charge in [0.1, 0.15) is 11.9 Å². The summed E-state index contributed by atoms with van der Waals surface area (Å²) in [7, 11) is 1.88. The van der Waals surface area contributed by atoms with E-state index in [-0.39, 0.29) is 12.0 Å². The number of aliphatic hydroxyl groups is 1. The van der Waals surface area contributed by atoms with Crippen molar-refractivity contribution in [2.75, 3.05) is 13.6 Å². The van der Waals surface area contributed by atoms with E-state index in [0.29, 0.717) is 11.4 Å². The zero-order chi connectivity index (χ0) is 13.4. The average molecular weight is 235 g/mol. The van der Waals surface area contributed by atoms with E-state index in [1.807, 2.05) is 24.9 Å². The second-order valence-corrected chi connectivity index (χ2v) is 4.24. The molecule has 0 fully saturated rings. The summed E-state index contributed by atoms with van der Waals surface area (Å²) >= 11 is 0. The van der Waals surface area contributed by atoms with Gasteiger partial charge in [0.2, 0.25) is 0 Å². The summed E-state index contributed by atoms with van der Waals surface area (Å²) < 4.78 is 0. The van der Waals surface area contributed by atoms with E-state index in [9.17, 15) is 5.11 Å². The Morgan fingerprint density at radius 3 is 2.59 bits per heavy atom. The van der Waals surface area contributed by atoms with Gasteiger partial charge in [0.25, 0.3) is 0 Å². The molecule has 17 heavy (non-hydrogen) atoms. The third-order valence-electron chi connectivity index (χ3n) is 2.70. The van der Waals surface area contributed by atoms with Crippen molar-refractivity contribution >= 4 is 6.21 Å². The maximum absolute atomic E-state index is 9.36. The first-order valence-electron chi connectivity index (χ1n) is 5.59. The number of hydrogen-bond acceptors (Lipinski definition) is 4. The first kappa shape index (κ1) is 15.4. The third kappa shape index (κ3) is 6.54. The molecule has 2 unspecified atom stereocenters. The molecule has 94 valence electrons. The van der Waals surface area contributed by atoms with E-state index in [2.05, 4.69) is 18.2 Å². The minimum absolute atomic E-state index is 0.239. The average Bonchev–Trinajstić information content (AvgIpc) is 2.31. The zero-order valence-corrected chi connectivity index (χ0v) is 10.8. The molecule has 4 nitrogen and oxygen atoms in total. The summed E-state index contributed by atoms with van der Waals surface area (Å²) in [6.45, 7) is 11.9. The van der Waals surface area contributed by atoms with Gasteiger partial charge in [0, 0.05) is 19.8 Å². The van der Waals surface area contributed by atoms with Gasteiger partial charge in [0.05, 0.1) is 11.7 Å². The Morgan fingerprint density at radius 1 is 1.53 bits per heavy atom. The van der Waals surface area contributed by atoms with Gasteiger partial charge in [-0.1, -0.05) is 20.1 Å². The first-order chi connectivity index (χ1) is 7.88. The van der Waals surface area contributed by atoms with E-state index in [1.165, 1.54) is 6.21 Å². The molecule has 0 aliphatic carbocycles. The molecular formula is C13H21N3O. The number of hydrogen-bond donors (Lipinski definition) is 1. The van der Waals surface area contributed by atoms with Crippen LogP contribution in [0, 0.1) is 17.2 Å². The lowest BCUT2D eigenvalue weighted by Crippen LogP contribution is -2.23. The van der Waals surface area contributed by atoms with E-state index in [4.69, 9.17) is 5.26 Å². The second-order valence-electron chi connectivity index (χ2n) is 4.24. The van der Waals surface area contributed by atoms with E-state index < -0.39 is 0 Å². The highest BCUT2D eigenvalue weighted by Crippen LogP contribution is 2.10. The van der Waals surface area contributed by atoms with Crippen molar-refractivity contribution in [1.82, 2.24) is 4.90 Å². The van der Waals surface area contributed by atoms with Crippen molar-refractivity contribution < 1.29 is 5.11 Å². The molecule has 0 spiro atoms. The molecule has 0 aliphatic rings. The SMILES string of the molecule is C=C(C#N)/C=N\C(=C)N(C)CCC(C)C(C)O. The van der Waals surface area contributed by atoms with Crippen LogP contribution in [0.25, 0.3) is 0 Å². The lowest BCUT2D eigenvalue weighted by Gasteiger charge is -2.21. The van der Waals surface area contributed by atoms with Crippen LogP contribution in [0.3, 0.4) is 0 Å². The van der Waals surface area contributed by atoms with Crippen LogP contribution in [0.1, 0.15) is 20.3 Å². The quantitative estimate of drug-likeness (QED) is 0.542. The van der Waals surface area contributed by atoms with E-state index >= 15 is 0 Å². The molecule has 0 heterocycles. The molecule has 0 saturated heterocycles. The fourth-order valence-corrected chi connectivity index (χ4v) is 1.05. The van der Waals surface area contributed by atoms with E-state index in [0.717, 1.165) is 13.0 Å². The molecule has 0 radical (unpaired) electrons. The van der Waals surface area contributed by atoms with Gasteiger partial charge < -0.3 is 10.0 Å². The highest BCUT2D eigenvalue weighted by atomic mass is 16.3. The number of rotatable bonds is 7. The lowest BCUT2D eigenvalue weighted by atomic mass is 10.0. The smallest absolute Gasteiger partial charge is 0.120 e. The van der Waals surface area contributed by atoms with Crippen LogP contribution in [0.4, 0.5) is 0 Å². The van der Waals surface area contributed by atoms with Gasteiger partial charge >= 0.3 is 0 Å². The van der Waals surface area contributed by atoms with Crippen LogP contribution in [0.2, 0.25) is 0 Å². The molecule has 0 saturated carbocycles. The molecule has 0 aliphatic heterocycles. The van der Waals surface area contributed by atoms with Gasteiger partial charge in [-0.05, 0) is 19.3 Å². The summed E-state index contributed by atoms with van der Waals surface area (Å²) in [5.74, 6) is 0.822. The molecule has 0 aromatic rings. The Hall–Kier alpha value is -1.60. The summed E-state index contributed by atoms with van der Waals surface area (Å²) in [6.07, 6.45) is 1.96. The highest BCUT2D eigenvalue weighted by molar-refractivity contribution is 5.83. The second kappa shape index (κ2) is 7.64. The minimum Gasteiger partial charge on any atom is -0.393 e. The van der Waals surface area contributed by atoms with Crippen LogP contribution in [-0.2, 0) is 0 Å². The van der Waals surface area contributed by atoms with Gasteiger partial charge in [-0.15, -0.1) is 0 Å². The molecular weight excluding hydrogens is 214 g/mol. The Bertz CT molecular complexity index is 339. The number of nitrogens with zero attached hydrogens (tertiary/aromatic N) is 3. The standard InChI is InChI=1S/C13H21N3O/c1-10(8-14)9-15-13(4)16(5)7-6-11(2)12(3)17/h9,11-12,17H,1,4,6-7H2,2-3,5H3/b15-9-. The highest BCUT2D eigenvalue weighted by Gasteiger charge is 2.10. The first-order valence-corrected chi connectivity index (χ1v) is 5.59. The van der Waals surface area contributed by atoms with Crippen LogP contribution < -0.4 is 0 Å². The van der Waals surface area contributed by atoms with Crippen molar-refractivity contribution in [1.29, 1.82) is 5.26 Å². The molecule has 0 rings (SSSR count). The predicted molar refractivity (Wildman–Crippen MR) is 70.5 cm³/mol. The van der Waals surface area contributed by atoms with Gasteiger partial charge in [-0.3, -0.25) is 0 Å².